The Bertz CT molecular complexity index is 1110. The van der Waals surface area contributed by atoms with Gasteiger partial charge >= 0.3 is 5.97 Å². The molecule has 0 unspecified atom stereocenters. The van der Waals surface area contributed by atoms with Crippen molar-refractivity contribution in [1.29, 1.82) is 0 Å². The molecule has 0 aliphatic carbocycles. The third kappa shape index (κ3) is 4.76. The van der Waals surface area contributed by atoms with Crippen molar-refractivity contribution in [2.24, 2.45) is 0 Å². The smallest absolute Gasteiger partial charge is 0.338 e. The normalized spacial score (nSPS) is 10.8. The van der Waals surface area contributed by atoms with Crippen molar-refractivity contribution in [1.82, 2.24) is 9.38 Å². The number of aromatic nitrogens is 2. The third-order valence-electron chi connectivity index (χ3n) is 4.13. The number of aryl methyl sites for hydroxylation is 1. The van der Waals surface area contributed by atoms with E-state index in [1.165, 1.54) is 17.6 Å². The molecule has 8 heteroatoms. The Morgan fingerprint density at radius 3 is 2.76 bits per heavy atom. The lowest BCUT2D eigenvalue weighted by Gasteiger charge is -2.13. The highest BCUT2D eigenvalue weighted by atomic mass is 79.9. The second kappa shape index (κ2) is 9.09. The maximum Gasteiger partial charge on any atom is 0.338 e. The summed E-state index contributed by atoms with van der Waals surface area (Å²) in [4.78, 5) is 29.1. The fourth-order valence-electron chi connectivity index (χ4n) is 2.74. The zero-order valence-corrected chi connectivity index (χ0v) is 18.0. The van der Waals surface area contributed by atoms with Crippen LogP contribution in [0.2, 0.25) is 0 Å². The quantitative estimate of drug-likeness (QED) is 0.497. The highest BCUT2D eigenvalue weighted by Crippen LogP contribution is 2.37. The fourth-order valence-corrected chi connectivity index (χ4v) is 3.29. The number of benzene rings is 1. The highest BCUT2D eigenvalue weighted by molar-refractivity contribution is 9.10. The molecule has 7 nitrogen and oxygen atoms in total. The van der Waals surface area contributed by atoms with Crippen LogP contribution in [0.15, 0.2) is 45.8 Å². The van der Waals surface area contributed by atoms with Gasteiger partial charge in [0.05, 0.1) is 29.4 Å². The maximum absolute atomic E-state index is 12.5. The first-order chi connectivity index (χ1) is 13.9. The molecule has 3 aromatic rings. The SMILES string of the molecule is CCCOc1c(Br)cc(C(=O)OCc2cc(=O)n3cc(C)ccc3n2)cc1OC. The second-order valence-electron chi connectivity index (χ2n) is 6.43. The van der Waals surface area contributed by atoms with Gasteiger partial charge in [-0.15, -0.1) is 0 Å². The Morgan fingerprint density at radius 1 is 1.24 bits per heavy atom. The molecule has 0 atom stereocenters. The standard InChI is InChI=1S/C21H21BrN2O5/c1-4-7-28-20-16(22)8-14(9-17(20)27-3)21(26)29-12-15-10-19(25)24-11-13(2)5-6-18(24)23-15/h5-6,8-11H,4,7,12H2,1-3H3. The summed E-state index contributed by atoms with van der Waals surface area (Å²) in [6.07, 6.45) is 2.56. The lowest BCUT2D eigenvalue weighted by Crippen LogP contribution is -2.17. The van der Waals surface area contributed by atoms with Gasteiger partial charge in [0.2, 0.25) is 0 Å². The van der Waals surface area contributed by atoms with Crippen molar-refractivity contribution in [3.63, 3.8) is 0 Å². The summed E-state index contributed by atoms with van der Waals surface area (Å²) in [5, 5.41) is 0. The Kier molecular flexibility index (Phi) is 6.53. The van der Waals surface area contributed by atoms with E-state index in [1.807, 2.05) is 19.9 Å². The molecular formula is C21H21BrN2O5. The van der Waals surface area contributed by atoms with E-state index in [1.54, 1.807) is 24.4 Å². The van der Waals surface area contributed by atoms with Gasteiger partial charge in [0.15, 0.2) is 11.5 Å². The molecule has 1 aromatic carbocycles. The number of pyridine rings is 1. The number of hydrogen-bond donors (Lipinski definition) is 0. The fraction of sp³-hybridized carbons (Fsp3) is 0.286. The summed E-state index contributed by atoms with van der Waals surface area (Å²) in [5.41, 5.74) is 1.89. The summed E-state index contributed by atoms with van der Waals surface area (Å²) < 4.78 is 18.4. The van der Waals surface area contributed by atoms with Gasteiger partial charge in [-0.3, -0.25) is 9.20 Å². The molecule has 152 valence electrons. The van der Waals surface area contributed by atoms with Crippen LogP contribution in [-0.4, -0.2) is 29.1 Å². The van der Waals surface area contributed by atoms with Crippen molar-refractivity contribution in [2.45, 2.75) is 26.9 Å². The summed E-state index contributed by atoms with van der Waals surface area (Å²) >= 11 is 3.41. The predicted molar refractivity (Wildman–Crippen MR) is 112 cm³/mol. The van der Waals surface area contributed by atoms with Crippen LogP contribution < -0.4 is 15.0 Å². The van der Waals surface area contributed by atoms with Crippen LogP contribution in [0.25, 0.3) is 5.65 Å². The van der Waals surface area contributed by atoms with Gasteiger partial charge in [-0.2, -0.15) is 0 Å². The van der Waals surface area contributed by atoms with Gasteiger partial charge in [0.1, 0.15) is 12.3 Å². The summed E-state index contributed by atoms with van der Waals surface area (Å²) in [6, 6.07) is 8.14. The van der Waals surface area contributed by atoms with Crippen LogP contribution in [-0.2, 0) is 11.3 Å². The van der Waals surface area contributed by atoms with Crippen molar-refractivity contribution in [3.8, 4) is 11.5 Å². The minimum absolute atomic E-state index is 0.119. The molecule has 29 heavy (non-hydrogen) atoms. The summed E-state index contributed by atoms with van der Waals surface area (Å²) in [6.45, 7) is 4.31. The van der Waals surface area contributed by atoms with Gasteiger partial charge in [-0.1, -0.05) is 13.0 Å². The lowest BCUT2D eigenvalue weighted by atomic mass is 10.2. The molecule has 0 saturated heterocycles. The number of carbonyl (C=O) groups excluding carboxylic acids is 1. The zero-order valence-electron chi connectivity index (χ0n) is 16.4. The first kappa shape index (κ1) is 20.9. The van der Waals surface area contributed by atoms with Gasteiger partial charge in [-0.05, 0) is 53.0 Å². The van der Waals surface area contributed by atoms with E-state index in [2.05, 4.69) is 20.9 Å². The number of methoxy groups -OCH3 is 1. The lowest BCUT2D eigenvalue weighted by molar-refractivity contribution is 0.0467. The molecule has 0 saturated carbocycles. The van der Waals surface area contributed by atoms with E-state index in [4.69, 9.17) is 14.2 Å². The molecule has 0 amide bonds. The van der Waals surface area contributed by atoms with Crippen LogP contribution in [0.5, 0.6) is 11.5 Å². The molecule has 0 radical (unpaired) electrons. The van der Waals surface area contributed by atoms with Gasteiger partial charge in [0, 0.05) is 12.3 Å². The molecule has 2 aromatic heterocycles. The van der Waals surface area contributed by atoms with Crippen LogP contribution in [0.3, 0.4) is 0 Å². The Morgan fingerprint density at radius 2 is 2.03 bits per heavy atom. The van der Waals surface area contributed by atoms with Gasteiger partial charge < -0.3 is 14.2 Å². The van der Waals surface area contributed by atoms with Gasteiger partial charge in [-0.25, -0.2) is 9.78 Å². The minimum Gasteiger partial charge on any atom is -0.493 e. The largest absolute Gasteiger partial charge is 0.493 e. The van der Waals surface area contributed by atoms with E-state index < -0.39 is 5.97 Å². The monoisotopic (exact) mass is 460 g/mol. The van der Waals surface area contributed by atoms with Crippen molar-refractivity contribution < 1.29 is 19.0 Å². The van der Waals surface area contributed by atoms with E-state index >= 15 is 0 Å². The number of nitrogens with zero attached hydrogens (tertiary/aromatic N) is 2. The average Bonchev–Trinajstić information content (AvgIpc) is 2.71. The highest BCUT2D eigenvalue weighted by Gasteiger charge is 2.17. The minimum atomic E-state index is -0.558. The summed E-state index contributed by atoms with van der Waals surface area (Å²) in [7, 11) is 1.50. The summed E-state index contributed by atoms with van der Waals surface area (Å²) in [5.74, 6) is 0.402. The molecule has 0 aliphatic heterocycles. The molecule has 0 N–H and O–H groups in total. The predicted octanol–water partition coefficient (Wildman–Crippen LogP) is 3.92. The van der Waals surface area contributed by atoms with Crippen LogP contribution in [0.1, 0.15) is 35.0 Å². The van der Waals surface area contributed by atoms with Crippen LogP contribution in [0, 0.1) is 6.92 Å². The molecule has 0 aliphatic rings. The van der Waals surface area contributed by atoms with E-state index in [0.29, 0.717) is 39.5 Å². The Labute approximate surface area is 176 Å². The molecule has 2 heterocycles. The van der Waals surface area contributed by atoms with E-state index in [0.717, 1.165) is 12.0 Å². The molecule has 0 spiro atoms. The van der Waals surface area contributed by atoms with Crippen molar-refractivity contribution >= 4 is 27.5 Å². The zero-order chi connectivity index (χ0) is 21.0. The third-order valence-corrected chi connectivity index (χ3v) is 4.72. The Balaban J connectivity index is 1.79. The molecule has 3 rings (SSSR count). The first-order valence-corrected chi connectivity index (χ1v) is 9.88. The maximum atomic E-state index is 12.5. The van der Waals surface area contributed by atoms with Crippen molar-refractivity contribution in [2.75, 3.05) is 13.7 Å². The van der Waals surface area contributed by atoms with Crippen LogP contribution in [0.4, 0.5) is 0 Å². The number of carbonyl (C=O) groups is 1. The number of fused-ring (bicyclic) bond motifs is 1. The average molecular weight is 461 g/mol. The van der Waals surface area contributed by atoms with Crippen LogP contribution >= 0.6 is 15.9 Å². The topological polar surface area (TPSA) is 79.1 Å². The Hall–Kier alpha value is -2.87. The number of halogens is 1. The van der Waals surface area contributed by atoms with E-state index in [-0.39, 0.29) is 12.2 Å². The first-order valence-electron chi connectivity index (χ1n) is 9.09. The molecular weight excluding hydrogens is 440 g/mol. The second-order valence-corrected chi connectivity index (χ2v) is 7.29. The number of ether oxygens (including phenoxy) is 3. The van der Waals surface area contributed by atoms with Crippen molar-refractivity contribution in [3.05, 3.63) is 68.2 Å². The number of rotatable bonds is 7. The number of esters is 1. The molecule has 0 bridgehead atoms. The van der Waals surface area contributed by atoms with E-state index in [9.17, 15) is 9.59 Å². The number of hydrogen-bond acceptors (Lipinski definition) is 6. The van der Waals surface area contributed by atoms with Gasteiger partial charge in [0.25, 0.3) is 5.56 Å². The molecule has 0 fully saturated rings.